The van der Waals surface area contributed by atoms with Gasteiger partial charge in [-0.1, -0.05) is 44.3 Å². The van der Waals surface area contributed by atoms with Crippen LogP contribution in [0.4, 0.5) is 0 Å². The minimum atomic E-state index is -0.0977. The molecule has 0 amide bonds. The average Bonchev–Trinajstić information content (AvgIpc) is 2.47. The van der Waals surface area contributed by atoms with E-state index >= 15 is 0 Å². The van der Waals surface area contributed by atoms with Crippen molar-refractivity contribution in [3.05, 3.63) is 12.2 Å². The second kappa shape index (κ2) is 16.2. The van der Waals surface area contributed by atoms with Gasteiger partial charge in [0.15, 0.2) is 0 Å². The molecule has 0 radical (unpaired) electrons. The predicted octanol–water partition coefficient (Wildman–Crippen LogP) is 4.39. The normalized spacial score (nSPS) is 11.1. The lowest BCUT2D eigenvalue weighted by molar-refractivity contribution is -0.140. The molecule has 0 unspecified atom stereocenters. The van der Waals surface area contributed by atoms with Crippen LogP contribution in [0.3, 0.4) is 0 Å². The summed E-state index contributed by atoms with van der Waals surface area (Å²) in [6.07, 6.45) is 17.9. The Bertz CT molecular complexity index is 236. The Balaban J connectivity index is 3.11. The van der Waals surface area contributed by atoms with Crippen molar-refractivity contribution in [2.24, 2.45) is 0 Å². The third-order valence-electron chi connectivity index (χ3n) is 3.42. The monoisotopic (exact) mass is 284 g/mol. The van der Waals surface area contributed by atoms with E-state index in [4.69, 9.17) is 5.11 Å². The fraction of sp³-hybridized carbons (Fsp3) is 0.824. The minimum Gasteiger partial charge on any atom is -0.469 e. The summed E-state index contributed by atoms with van der Waals surface area (Å²) in [5, 5.41) is 8.65. The van der Waals surface area contributed by atoms with Gasteiger partial charge in [0.05, 0.1) is 7.11 Å². The Kier molecular flexibility index (Phi) is 15.6. The van der Waals surface area contributed by atoms with Crippen LogP contribution in [0.15, 0.2) is 12.2 Å². The van der Waals surface area contributed by atoms with Crippen LogP contribution in [0.2, 0.25) is 0 Å². The van der Waals surface area contributed by atoms with Crippen molar-refractivity contribution < 1.29 is 14.6 Å². The van der Waals surface area contributed by atoms with Gasteiger partial charge in [-0.15, -0.1) is 0 Å². The molecule has 1 N–H and O–H groups in total. The van der Waals surface area contributed by atoms with E-state index < -0.39 is 0 Å². The van der Waals surface area contributed by atoms with E-state index in [-0.39, 0.29) is 5.97 Å². The van der Waals surface area contributed by atoms with E-state index in [0.717, 1.165) is 38.5 Å². The summed E-state index contributed by atoms with van der Waals surface area (Å²) in [5.74, 6) is -0.0977. The molecule has 20 heavy (non-hydrogen) atoms. The molecule has 0 saturated heterocycles. The Morgan fingerprint density at radius 3 is 1.90 bits per heavy atom. The number of hydrogen-bond donors (Lipinski definition) is 1. The summed E-state index contributed by atoms with van der Waals surface area (Å²) < 4.78 is 4.60. The maximum Gasteiger partial charge on any atom is 0.305 e. The highest BCUT2D eigenvalue weighted by atomic mass is 16.5. The number of aliphatic hydroxyl groups excluding tert-OH is 1. The van der Waals surface area contributed by atoms with Gasteiger partial charge in [0.2, 0.25) is 0 Å². The van der Waals surface area contributed by atoms with Gasteiger partial charge in [-0.05, 0) is 38.5 Å². The number of aliphatic hydroxyl groups is 1. The molecule has 0 aliphatic rings. The average molecular weight is 284 g/mol. The molecule has 118 valence electrons. The lowest BCUT2D eigenvalue weighted by atomic mass is 10.1. The van der Waals surface area contributed by atoms with Crippen LogP contribution in [0.1, 0.15) is 77.0 Å². The molecule has 0 aromatic carbocycles. The highest BCUT2D eigenvalue weighted by Crippen LogP contribution is 2.08. The van der Waals surface area contributed by atoms with Gasteiger partial charge < -0.3 is 9.84 Å². The Labute approximate surface area is 124 Å². The fourth-order valence-electron chi connectivity index (χ4n) is 2.13. The third kappa shape index (κ3) is 15.2. The van der Waals surface area contributed by atoms with Gasteiger partial charge in [-0.25, -0.2) is 0 Å². The second-order valence-electron chi connectivity index (χ2n) is 5.28. The molecule has 0 aromatic heterocycles. The van der Waals surface area contributed by atoms with E-state index in [1.165, 1.54) is 39.2 Å². The number of carbonyl (C=O) groups excluding carboxylic acids is 1. The van der Waals surface area contributed by atoms with Crippen molar-refractivity contribution in [2.45, 2.75) is 77.0 Å². The van der Waals surface area contributed by atoms with Crippen LogP contribution in [0, 0.1) is 0 Å². The summed E-state index contributed by atoms with van der Waals surface area (Å²) in [6, 6.07) is 0. The van der Waals surface area contributed by atoms with Crippen molar-refractivity contribution >= 4 is 5.97 Å². The largest absolute Gasteiger partial charge is 0.469 e. The van der Waals surface area contributed by atoms with Crippen LogP contribution < -0.4 is 0 Å². The molecular weight excluding hydrogens is 252 g/mol. The molecular formula is C17H32O3. The highest BCUT2D eigenvalue weighted by Gasteiger charge is 1.98. The first kappa shape index (κ1) is 19.2. The van der Waals surface area contributed by atoms with E-state index in [2.05, 4.69) is 16.9 Å². The Morgan fingerprint density at radius 1 is 0.850 bits per heavy atom. The van der Waals surface area contributed by atoms with Crippen molar-refractivity contribution in [1.29, 1.82) is 0 Å². The van der Waals surface area contributed by atoms with Crippen molar-refractivity contribution in [1.82, 2.24) is 0 Å². The highest BCUT2D eigenvalue weighted by molar-refractivity contribution is 5.68. The summed E-state index contributed by atoms with van der Waals surface area (Å²) in [4.78, 5) is 10.9. The molecule has 0 bridgehead atoms. The zero-order valence-electron chi connectivity index (χ0n) is 13.1. The lowest BCUT2D eigenvalue weighted by Gasteiger charge is -1.99. The van der Waals surface area contributed by atoms with Crippen LogP contribution in [0.25, 0.3) is 0 Å². The fourth-order valence-corrected chi connectivity index (χ4v) is 2.13. The van der Waals surface area contributed by atoms with Gasteiger partial charge in [-0.3, -0.25) is 4.79 Å². The van der Waals surface area contributed by atoms with E-state index in [9.17, 15) is 4.79 Å². The maximum atomic E-state index is 10.9. The number of ether oxygens (including phenoxy) is 1. The minimum absolute atomic E-state index is 0.0977. The molecule has 0 aliphatic carbocycles. The lowest BCUT2D eigenvalue weighted by Crippen LogP contribution is -1.98. The van der Waals surface area contributed by atoms with E-state index in [1.807, 2.05) is 0 Å². The number of hydrogen-bond acceptors (Lipinski definition) is 3. The number of methoxy groups -OCH3 is 1. The summed E-state index contributed by atoms with van der Waals surface area (Å²) >= 11 is 0. The molecule has 0 aromatic rings. The molecule has 0 fully saturated rings. The van der Waals surface area contributed by atoms with E-state index in [1.54, 1.807) is 0 Å². The molecule has 0 rings (SSSR count). The Hall–Kier alpha value is -0.830. The van der Waals surface area contributed by atoms with Gasteiger partial charge in [0.25, 0.3) is 0 Å². The third-order valence-corrected chi connectivity index (χ3v) is 3.42. The van der Waals surface area contributed by atoms with Gasteiger partial charge in [-0.2, -0.15) is 0 Å². The van der Waals surface area contributed by atoms with Crippen molar-refractivity contribution in [3.8, 4) is 0 Å². The van der Waals surface area contributed by atoms with Crippen LogP contribution in [-0.4, -0.2) is 24.8 Å². The summed E-state index contributed by atoms with van der Waals surface area (Å²) in [5.41, 5.74) is 0. The smallest absolute Gasteiger partial charge is 0.305 e. The number of rotatable bonds is 14. The zero-order chi connectivity index (χ0) is 14.9. The molecule has 0 atom stereocenters. The number of carbonyl (C=O) groups is 1. The first-order valence-electron chi connectivity index (χ1n) is 8.14. The molecule has 3 nitrogen and oxygen atoms in total. The van der Waals surface area contributed by atoms with Crippen molar-refractivity contribution in [2.75, 3.05) is 13.7 Å². The van der Waals surface area contributed by atoms with Gasteiger partial charge >= 0.3 is 5.97 Å². The summed E-state index contributed by atoms with van der Waals surface area (Å²) in [7, 11) is 1.44. The van der Waals surface area contributed by atoms with Crippen LogP contribution in [0.5, 0.6) is 0 Å². The first-order valence-corrected chi connectivity index (χ1v) is 8.14. The van der Waals surface area contributed by atoms with E-state index in [0.29, 0.717) is 13.0 Å². The standard InChI is InChI=1S/C17H32O3/c1-20-17(19)15-13-11-9-7-5-3-2-4-6-8-10-12-14-16-18/h3,5,18H,2,4,6-16H2,1H3/b5-3-. The molecule has 3 heteroatoms. The van der Waals surface area contributed by atoms with Crippen molar-refractivity contribution in [3.63, 3.8) is 0 Å². The molecule has 0 spiro atoms. The topological polar surface area (TPSA) is 46.5 Å². The zero-order valence-corrected chi connectivity index (χ0v) is 13.1. The molecule has 0 heterocycles. The van der Waals surface area contributed by atoms with Crippen LogP contribution >= 0.6 is 0 Å². The summed E-state index contributed by atoms with van der Waals surface area (Å²) in [6.45, 7) is 0.336. The number of allylic oxidation sites excluding steroid dienone is 2. The quantitative estimate of drug-likeness (QED) is 0.292. The predicted molar refractivity (Wildman–Crippen MR) is 83.6 cm³/mol. The maximum absolute atomic E-state index is 10.9. The Morgan fingerprint density at radius 2 is 1.35 bits per heavy atom. The number of esters is 1. The molecule has 0 aliphatic heterocycles. The second-order valence-corrected chi connectivity index (χ2v) is 5.28. The van der Waals surface area contributed by atoms with Gasteiger partial charge in [0.1, 0.15) is 0 Å². The molecule has 0 saturated carbocycles. The first-order chi connectivity index (χ1) is 9.81. The number of unbranched alkanes of at least 4 members (excludes halogenated alkanes) is 9. The SMILES string of the molecule is COC(=O)CCCCC/C=C\CCCCCCCCO. The van der Waals surface area contributed by atoms with Crippen LogP contribution in [-0.2, 0) is 9.53 Å². The van der Waals surface area contributed by atoms with Gasteiger partial charge in [0, 0.05) is 13.0 Å².